The highest BCUT2D eigenvalue weighted by molar-refractivity contribution is 5.99. The van der Waals surface area contributed by atoms with E-state index in [2.05, 4.69) is 25.3 Å². The summed E-state index contributed by atoms with van der Waals surface area (Å²) < 4.78 is 7.13. The Balaban J connectivity index is 1.47. The molecule has 0 aliphatic carbocycles. The van der Waals surface area contributed by atoms with Gasteiger partial charge in [0.05, 0.1) is 5.39 Å². The Morgan fingerprint density at radius 3 is 3.00 bits per heavy atom. The van der Waals surface area contributed by atoms with Crippen LogP contribution in [0.1, 0.15) is 17.1 Å². The van der Waals surface area contributed by atoms with Gasteiger partial charge in [0.2, 0.25) is 0 Å². The van der Waals surface area contributed by atoms with E-state index in [1.54, 1.807) is 10.7 Å². The number of nitrogen functional groups attached to an aromatic ring is 2. The fourth-order valence-corrected chi connectivity index (χ4v) is 3.92. The molecule has 5 heterocycles. The maximum Gasteiger partial charge on any atom is 0.292 e. The maximum absolute atomic E-state index is 6.21. The molecule has 0 atom stereocenters. The van der Waals surface area contributed by atoms with Crippen molar-refractivity contribution in [1.82, 2.24) is 40.0 Å². The monoisotopic (exact) mass is 414 g/mol. The lowest BCUT2D eigenvalue weighted by atomic mass is 10.1. The summed E-state index contributed by atoms with van der Waals surface area (Å²) in [6.07, 6.45) is 4.19. The number of benzene rings is 1. The molecule has 11 heteroatoms. The third-order valence-corrected chi connectivity index (χ3v) is 5.39. The summed E-state index contributed by atoms with van der Waals surface area (Å²) in [5, 5.41) is 8.79. The van der Waals surface area contributed by atoms with Crippen molar-refractivity contribution in [2.24, 2.45) is 0 Å². The van der Waals surface area contributed by atoms with E-state index in [1.165, 1.54) is 6.33 Å². The van der Waals surface area contributed by atoms with Gasteiger partial charge in [0, 0.05) is 42.5 Å². The molecule has 4 aromatic heterocycles. The van der Waals surface area contributed by atoms with Gasteiger partial charge in [-0.15, -0.1) is 0 Å². The molecule has 5 aromatic rings. The second-order valence-electron chi connectivity index (χ2n) is 7.38. The second kappa shape index (κ2) is 6.71. The van der Waals surface area contributed by atoms with Gasteiger partial charge in [-0.1, -0.05) is 0 Å². The summed E-state index contributed by atoms with van der Waals surface area (Å²) in [6.45, 7) is 2.08. The van der Waals surface area contributed by atoms with Gasteiger partial charge in [-0.3, -0.25) is 0 Å². The van der Waals surface area contributed by atoms with Gasteiger partial charge in [0.15, 0.2) is 11.2 Å². The SMILES string of the molecule is Nc1nc2cc(-c3nn(Cc4ncc5c(n4)CCNC5)c4ncnc(N)c34)ccc2o1. The van der Waals surface area contributed by atoms with E-state index in [4.69, 9.17) is 26.0 Å². The zero-order valence-corrected chi connectivity index (χ0v) is 16.4. The number of aromatic nitrogens is 7. The van der Waals surface area contributed by atoms with Crippen molar-refractivity contribution in [2.45, 2.75) is 19.5 Å². The van der Waals surface area contributed by atoms with Gasteiger partial charge < -0.3 is 21.2 Å². The number of nitrogens with one attached hydrogen (secondary N) is 1. The summed E-state index contributed by atoms with van der Waals surface area (Å²) in [6, 6.07) is 5.66. The van der Waals surface area contributed by atoms with E-state index < -0.39 is 0 Å². The zero-order valence-electron chi connectivity index (χ0n) is 16.4. The predicted octanol–water partition coefficient (Wildman–Crippen LogP) is 1.28. The second-order valence-corrected chi connectivity index (χ2v) is 7.38. The average Bonchev–Trinajstić information content (AvgIpc) is 3.33. The lowest BCUT2D eigenvalue weighted by molar-refractivity contribution is 0.607. The number of fused-ring (bicyclic) bond motifs is 3. The molecule has 154 valence electrons. The number of hydrogen-bond acceptors (Lipinski definition) is 10. The Bertz CT molecular complexity index is 1450. The quantitative estimate of drug-likeness (QED) is 0.392. The van der Waals surface area contributed by atoms with Crippen molar-refractivity contribution in [1.29, 1.82) is 0 Å². The van der Waals surface area contributed by atoms with Crippen molar-refractivity contribution in [3.63, 3.8) is 0 Å². The molecule has 5 N–H and O–H groups in total. The highest BCUT2D eigenvalue weighted by Crippen LogP contribution is 2.32. The standard InChI is InChI=1S/C20H18N10O/c21-18-16-17(10-1-2-14-13(5-10)28-20(22)31-14)29-30(19(16)26-9-25-18)8-15-24-7-11-6-23-4-3-12(11)27-15/h1-2,5,7,9,23H,3-4,6,8H2,(H2,22,28)(H2,21,25,26). The van der Waals surface area contributed by atoms with Crippen LogP contribution >= 0.6 is 0 Å². The minimum Gasteiger partial charge on any atom is -0.424 e. The molecule has 31 heavy (non-hydrogen) atoms. The molecule has 0 spiro atoms. The van der Waals surface area contributed by atoms with E-state index in [0.717, 1.165) is 36.3 Å². The molecular formula is C20H18N10O. The van der Waals surface area contributed by atoms with E-state index in [-0.39, 0.29) is 6.01 Å². The molecule has 1 aromatic carbocycles. The topological polar surface area (TPSA) is 159 Å². The van der Waals surface area contributed by atoms with E-state index in [9.17, 15) is 0 Å². The van der Waals surface area contributed by atoms with Crippen LogP contribution in [0.5, 0.6) is 0 Å². The first-order valence-corrected chi connectivity index (χ1v) is 9.83. The molecule has 0 bridgehead atoms. The average molecular weight is 414 g/mol. The first-order valence-electron chi connectivity index (χ1n) is 9.83. The van der Waals surface area contributed by atoms with Crippen molar-refractivity contribution < 1.29 is 4.42 Å². The third-order valence-electron chi connectivity index (χ3n) is 5.39. The molecule has 0 unspecified atom stereocenters. The Hall–Kier alpha value is -4.12. The normalized spacial score (nSPS) is 13.7. The van der Waals surface area contributed by atoms with E-state index in [1.807, 2.05) is 18.3 Å². The predicted molar refractivity (Wildman–Crippen MR) is 114 cm³/mol. The van der Waals surface area contributed by atoms with E-state index >= 15 is 0 Å². The molecule has 1 aliphatic rings. The van der Waals surface area contributed by atoms with Crippen molar-refractivity contribution in [3.05, 3.63) is 47.8 Å². The molecule has 0 radical (unpaired) electrons. The molecule has 0 fully saturated rings. The number of hydrogen-bond donors (Lipinski definition) is 3. The van der Waals surface area contributed by atoms with Crippen LogP contribution in [-0.2, 0) is 19.5 Å². The molecule has 1 aliphatic heterocycles. The minimum absolute atomic E-state index is 0.116. The Labute approximate surface area is 175 Å². The summed E-state index contributed by atoms with van der Waals surface area (Å²) in [4.78, 5) is 22.1. The summed E-state index contributed by atoms with van der Waals surface area (Å²) in [7, 11) is 0. The Morgan fingerprint density at radius 1 is 1.13 bits per heavy atom. The van der Waals surface area contributed by atoms with Gasteiger partial charge in [0.25, 0.3) is 6.01 Å². The number of oxazole rings is 1. The Kier molecular flexibility index (Phi) is 3.83. The number of nitrogens with two attached hydrogens (primary N) is 2. The largest absolute Gasteiger partial charge is 0.424 e. The van der Waals surface area contributed by atoms with Crippen LogP contribution in [0.4, 0.5) is 11.8 Å². The van der Waals surface area contributed by atoms with Gasteiger partial charge >= 0.3 is 0 Å². The van der Waals surface area contributed by atoms with Gasteiger partial charge in [0.1, 0.15) is 35.7 Å². The summed E-state index contributed by atoms with van der Waals surface area (Å²) in [5.74, 6) is 1.02. The lowest BCUT2D eigenvalue weighted by Crippen LogP contribution is -2.25. The fourth-order valence-electron chi connectivity index (χ4n) is 3.92. The van der Waals surface area contributed by atoms with Crippen LogP contribution in [0, 0.1) is 0 Å². The highest BCUT2D eigenvalue weighted by Gasteiger charge is 2.19. The first-order chi connectivity index (χ1) is 15.2. The molecule has 0 amide bonds. The van der Waals surface area contributed by atoms with Crippen molar-refractivity contribution in [2.75, 3.05) is 18.0 Å². The molecule has 0 saturated carbocycles. The molecule has 0 saturated heterocycles. The maximum atomic E-state index is 6.21. The lowest BCUT2D eigenvalue weighted by Gasteiger charge is -2.16. The molecule has 6 rings (SSSR count). The van der Waals surface area contributed by atoms with Gasteiger partial charge in [-0.2, -0.15) is 10.1 Å². The molecule has 11 nitrogen and oxygen atoms in total. The zero-order chi connectivity index (χ0) is 20.9. The van der Waals surface area contributed by atoms with Crippen LogP contribution in [0.15, 0.2) is 35.1 Å². The van der Waals surface area contributed by atoms with Crippen LogP contribution < -0.4 is 16.8 Å². The minimum atomic E-state index is 0.116. The number of rotatable bonds is 3. The van der Waals surface area contributed by atoms with Crippen molar-refractivity contribution in [3.8, 4) is 11.3 Å². The summed E-state index contributed by atoms with van der Waals surface area (Å²) in [5.41, 5.74) is 17.4. The van der Waals surface area contributed by atoms with Gasteiger partial charge in [-0.05, 0) is 18.2 Å². The number of anilines is 2. The van der Waals surface area contributed by atoms with Crippen LogP contribution in [0.25, 0.3) is 33.4 Å². The first kappa shape index (κ1) is 17.7. The highest BCUT2D eigenvalue weighted by atomic mass is 16.4. The van der Waals surface area contributed by atoms with Crippen LogP contribution in [0.2, 0.25) is 0 Å². The summed E-state index contributed by atoms with van der Waals surface area (Å²) >= 11 is 0. The number of nitrogens with zero attached hydrogens (tertiary/aromatic N) is 7. The van der Waals surface area contributed by atoms with Gasteiger partial charge in [-0.25, -0.2) is 24.6 Å². The van der Waals surface area contributed by atoms with Crippen LogP contribution in [0.3, 0.4) is 0 Å². The van der Waals surface area contributed by atoms with Crippen molar-refractivity contribution >= 4 is 34.0 Å². The smallest absolute Gasteiger partial charge is 0.292 e. The van der Waals surface area contributed by atoms with Crippen LogP contribution in [-0.4, -0.2) is 41.2 Å². The third kappa shape index (κ3) is 2.94. The van der Waals surface area contributed by atoms with E-state index in [0.29, 0.717) is 46.0 Å². The molecular weight excluding hydrogens is 396 g/mol. The Morgan fingerprint density at radius 2 is 2.06 bits per heavy atom. The fraction of sp³-hybridized carbons (Fsp3) is 0.200.